The summed E-state index contributed by atoms with van der Waals surface area (Å²) in [5.41, 5.74) is 0.190. The number of benzene rings is 2. The van der Waals surface area contributed by atoms with Crippen LogP contribution in [0.4, 0.5) is 14.9 Å². The molecule has 1 N–H and O–H groups in total. The highest BCUT2D eigenvalue weighted by molar-refractivity contribution is 6.39. The molecule has 0 saturated carbocycles. The Bertz CT molecular complexity index is 1080. The van der Waals surface area contributed by atoms with E-state index in [-0.39, 0.29) is 29.4 Å². The molecule has 1 heterocycles. The van der Waals surface area contributed by atoms with Crippen molar-refractivity contribution in [2.45, 2.75) is 0 Å². The predicted molar refractivity (Wildman–Crippen MR) is 106 cm³/mol. The van der Waals surface area contributed by atoms with Gasteiger partial charge in [0.05, 0.1) is 19.9 Å². The van der Waals surface area contributed by atoms with Crippen LogP contribution in [0.3, 0.4) is 0 Å². The zero-order valence-electron chi connectivity index (χ0n) is 16.5. The molecule has 1 aliphatic rings. The quantitative estimate of drug-likeness (QED) is 0.426. The van der Waals surface area contributed by atoms with E-state index in [1.165, 1.54) is 50.6 Å². The highest BCUT2D eigenvalue weighted by Crippen LogP contribution is 2.30. The molecule has 1 saturated heterocycles. The van der Waals surface area contributed by atoms with Gasteiger partial charge in [-0.15, -0.1) is 0 Å². The molecule has 1 aliphatic heterocycles. The molecule has 31 heavy (non-hydrogen) atoms. The Morgan fingerprint density at radius 2 is 1.77 bits per heavy atom. The first-order valence-corrected chi connectivity index (χ1v) is 8.88. The van der Waals surface area contributed by atoms with Gasteiger partial charge in [0, 0.05) is 0 Å². The van der Waals surface area contributed by atoms with E-state index >= 15 is 0 Å². The number of urea groups is 1. The molecule has 0 atom stereocenters. The fourth-order valence-corrected chi connectivity index (χ4v) is 2.74. The van der Waals surface area contributed by atoms with Crippen molar-refractivity contribution in [2.75, 3.05) is 25.7 Å². The van der Waals surface area contributed by atoms with E-state index in [1.54, 1.807) is 0 Å². The van der Waals surface area contributed by atoms with Crippen molar-refractivity contribution in [3.8, 4) is 11.5 Å². The topological polar surface area (TPSA) is 111 Å². The van der Waals surface area contributed by atoms with Gasteiger partial charge in [0.1, 0.15) is 11.4 Å². The van der Waals surface area contributed by atoms with Crippen LogP contribution in [-0.2, 0) is 19.1 Å². The number of halogens is 1. The van der Waals surface area contributed by atoms with Crippen LogP contribution < -0.4 is 19.7 Å². The molecule has 9 nitrogen and oxygen atoms in total. The Morgan fingerprint density at radius 1 is 1.06 bits per heavy atom. The highest BCUT2D eigenvalue weighted by atomic mass is 19.1. The maximum atomic E-state index is 13.2. The molecular weight excluding hydrogens is 411 g/mol. The van der Waals surface area contributed by atoms with Crippen molar-refractivity contribution in [1.29, 1.82) is 0 Å². The van der Waals surface area contributed by atoms with Gasteiger partial charge in [0.2, 0.25) is 0 Å². The van der Waals surface area contributed by atoms with Gasteiger partial charge in [-0.3, -0.25) is 14.9 Å². The SMILES string of the molecule is COC(=O)COc1ccc(/C=C2\C(=O)NC(=O)N(c3ccc(F)cc3)C2=O)cc1OC. The van der Waals surface area contributed by atoms with E-state index in [0.717, 1.165) is 17.0 Å². The summed E-state index contributed by atoms with van der Waals surface area (Å²) >= 11 is 0. The number of carbonyl (C=O) groups excluding carboxylic acids is 4. The maximum absolute atomic E-state index is 13.2. The number of nitrogens with zero attached hydrogens (tertiary/aromatic N) is 1. The average molecular weight is 428 g/mol. The summed E-state index contributed by atoms with van der Waals surface area (Å²) in [6, 6.07) is 8.24. The molecule has 3 rings (SSSR count). The molecule has 4 amide bonds. The Balaban J connectivity index is 1.91. The van der Waals surface area contributed by atoms with Crippen LogP contribution in [0.25, 0.3) is 6.08 Å². The van der Waals surface area contributed by atoms with Crippen molar-refractivity contribution >= 4 is 35.6 Å². The standard InChI is InChI=1S/C21H17FN2O7/c1-29-17-10-12(3-8-16(17)31-11-18(25)30-2)9-15-19(26)23-21(28)24(20(15)27)14-6-4-13(22)5-7-14/h3-10H,11H2,1-2H3,(H,23,26,28)/b15-9+. The van der Waals surface area contributed by atoms with Gasteiger partial charge in [-0.1, -0.05) is 6.07 Å². The maximum Gasteiger partial charge on any atom is 0.343 e. The smallest absolute Gasteiger partial charge is 0.343 e. The minimum Gasteiger partial charge on any atom is -0.493 e. The molecule has 0 bridgehead atoms. The van der Waals surface area contributed by atoms with Crippen LogP contribution in [0.2, 0.25) is 0 Å². The lowest BCUT2D eigenvalue weighted by Gasteiger charge is -2.26. The molecule has 0 aromatic heterocycles. The van der Waals surface area contributed by atoms with Crippen molar-refractivity contribution in [3.05, 3.63) is 59.4 Å². The van der Waals surface area contributed by atoms with Gasteiger partial charge in [0.25, 0.3) is 11.8 Å². The first kappa shape index (κ1) is 21.5. The van der Waals surface area contributed by atoms with Crippen molar-refractivity contribution < 1.29 is 37.8 Å². The molecule has 160 valence electrons. The van der Waals surface area contributed by atoms with Gasteiger partial charge in [0.15, 0.2) is 18.1 Å². The number of nitrogens with one attached hydrogen (secondary N) is 1. The summed E-state index contributed by atoms with van der Waals surface area (Å²) < 4.78 is 28.2. The first-order chi connectivity index (χ1) is 14.8. The number of barbiturate groups is 1. The fourth-order valence-electron chi connectivity index (χ4n) is 2.74. The number of anilines is 1. The zero-order valence-corrected chi connectivity index (χ0v) is 16.5. The molecule has 1 fully saturated rings. The molecule has 10 heteroatoms. The third kappa shape index (κ3) is 4.69. The second kappa shape index (κ2) is 9.08. The largest absolute Gasteiger partial charge is 0.493 e. The number of methoxy groups -OCH3 is 2. The monoisotopic (exact) mass is 428 g/mol. The summed E-state index contributed by atoms with van der Waals surface area (Å²) in [5.74, 6) is -2.38. The Morgan fingerprint density at radius 3 is 2.42 bits per heavy atom. The first-order valence-electron chi connectivity index (χ1n) is 8.88. The van der Waals surface area contributed by atoms with E-state index in [9.17, 15) is 23.6 Å². The molecule has 2 aromatic rings. The molecule has 0 aliphatic carbocycles. The Kier molecular flexibility index (Phi) is 6.29. The minimum absolute atomic E-state index is 0.103. The van der Waals surface area contributed by atoms with Crippen molar-refractivity contribution in [1.82, 2.24) is 5.32 Å². The van der Waals surface area contributed by atoms with Crippen LogP contribution in [0.1, 0.15) is 5.56 Å². The molecule has 0 unspecified atom stereocenters. The molecule has 0 radical (unpaired) electrons. The summed E-state index contributed by atoms with van der Waals surface area (Å²) in [6.45, 7) is -0.330. The van der Waals surface area contributed by atoms with Crippen LogP contribution >= 0.6 is 0 Å². The molecule has 2 aromatic carbocycles. The third-order valence-electron chi connectivity index (χ3n) is 4.26. The van der Waals surface area contributed by atoms with E-state index in [4.69, 9.17) is 9.47 Å². The predicted octanol–water partition coefficient (Wildman–Crippen LogP) is 2.05. The minimum atomic E-state index is -0.942. The number of carbonyl (C=O) groups is 4. The third-order valence-corrected chi connectivity index (χ3v) is 4.26. The summed E-state index contributed by atoms with van der Waals surface area (Å²) in [5, 5.41) is 2.08. The van der Waals surface area contributed by atoms with Gasteiger partial charge in [-0.05, 0) is 48.0 Å². The second-order valence-electron chi connectivity index (χ2n) is 6.21. The Hall–Kier alpha value is -4.21. The number of esters is 1. The lowest BCUT2D eigenvalue weighted by atomic mass is 10.1. The van der Waals surface area contributed by atoms with E-state index in [0.29, 0.717) is 5.56 Å². The van der Waals surface area contributed by atoms with E-state index in [1.807, 2.05) is 0 Å². The second-order valence-corrected chi connectivity index (χ2v) is 6.21. The number of imide groups is 2. The number of amides is 4. The summed E-state index contributed by atoms with van der Waals surface area (Å²) in [4.78, 5) is 49.3. The van der Waals surface area contributed by atoms with Gasteiger partial charge >= 0.3 is 12.0 Å². The number of ether oxygens (including phenoxy) is 3. The average Bonchev–Trinajstić information content (AvgIpc) is 2.76. The number of hydrogen-bond acceptors (Lipinski definition) is 7. The zero-order chi connectivity index (χ0) is 22.5. The molecular formula is C21H17FN2O7. The summed E-state index contributed by atoms with van der Waals surface area (Å²) in [6.07, 6.45) is 1.27. The van der Waals surface area contributed by atoms with Crippen LogP contribution in [-0.4, -0.2) is 44.6 Å². The van der Waals surface area contributed by atoms with E-state index in [2.05, 4.69) is 10.1 Å². The van der Waals surface area contributed by atoms with E-state index < -0.39 is 29.6 Å². The van der Waals surface area contributed by atoms with Crippen molar-refractivity contribution in [3.63, 3.8) is 0 Å². The lowest BCUT2D eigenvalue weighted by Crippen LogP contribution is -2.54. The number of rotatable bonds is 6. The van der Waals surface area contributed by atoms with Crippen LogP contribution in [0.15, 0.2) is 48.0 Å². The summed E-state index contributed by atoms with van der Waals surface area (Å²) in [7, 11) is 2.61. The number of hydrogen-bond donors (Lipinski definition) is 1. The van der Waals surface area contributed by atoms with Gasteiger partial charge < -0.3 is 14.2 Å². The normalized spacial score (nSPS) is 15.0. The lowest BCUT2D eigenvalue weighted by molar-refractivity contribution is -0.143. The Labute approximate surface area is 176 Å². The van der Waals surface area contributed by atoms with Crippen molar-refractivity contribution in [2.24, 2.45) is 0 Å². The van der Waals surface area contributed by atoms with Gasteiger partial charge in [-0.25, -0.2) is 18.9 Å². The van der Waals surface area contributed by atoms with Gasteiger partial charge in [-0.2, -0.15) is 0 Å². The fraction of sp³-hybridized carbons (Fsp3) is 0.143. The molecule has 0 spiro atoms. The highest BCUT2D eigenvalue weighted by Gasteiger charge is 2.36. The van der Waals surface area contributed by atoms with Crippen LogP contribution in [0.5, 0.6) is 11.5 Å². The van der Waals surface area contributed by atoms with Crippen LogP contribution in [0, 0.1) is 5.82 Å².